The Kier molecular flexibility index (Phi) is 5.32. The topological polar surface area (TPSA) is 68.0 Å². The quantitative estimate of drug-likeness (QED) is 0.886. The van der Waals surface area contributed by atoms with Gasteiger partial charge in [-0.2, -0.15) is 0 Å². The van der Waals surface area contributed by atoms with Gasteiger partial charge in [-0.25, -0.2) is 4.98 Å². The molecule has 0 aliphatic heterocycles. The van der Waals surface area contributed by atoms with Crippen molar-refractivity contribution in [1.29, 1.82) is 0 Å². The van der Waals surface area contributed by atoms with Gasteiger partial charge in [-0.1, -0.05) is 51.1 Å². The lowest BCUT2D eigenvalue weighted by Gasteiger charge is -2.27. The first-order valence-electron chi connectivity index (χ1n) is 7.39. The molecule has 1 amide bonds. The lowest BCUT2D eigenvalue weighted by atomic mass is 9.85. The largest absolute Gasteiger partial charge is 0.344 e. The number of carbonyl (C=O) groups is 1. The molecule has 0 spiro atoms. The maximum Gasteiger partial charge on any atom is 0.271 e. The van der Waals surface area contributed by atoms with Gasteiger partial charge in [0.05, 0.1) is 6.04 Å². The number of thiazole rings is 1. The van der Waals surface area contributed by atoms with Gasteiger partial charge >= 0.3 is 0 Å². The Morgan fingerprint density at radius 3 is 2.55 bits per heavy atom. The maximum atomic E-state index is 12.4. The Morgan fingerprint density at radius 2 is 2.00 bits per heavy atom. The number of nitrogens with one attached hydrogen (secondary N) is 1. The van der Waals surface area contributed by atoms with E-state index in [1.54, 1.807) is 5.38 Å². The Morgan fingerprint density at radius 1 is 1.32 bits per heavy atom. The lowest BCUT2D eigenvalue weighted by molar-refractivity contribution is 0.0922. The van der Waals surface area contributed by atoms with E-state index in [9.17, 15) is 4.79 Å². The average molecular weight is 317 g/mol. The summed E-state index contributed by atoms with van der Waals surface area (Å²) in [6.07, 6.45) is 0.858. The van der Waals surface area contributed by atoms with Crippen molar-refractivity contribution in [3.63, 3.8) is 0 Å². The number of hydrogen-bond donors (Lipinski definition) is 2. The highest BCUT2D eigenvalue weighted by molar-refractivity contribution is 7.09. The molecular weight excluding hydrogens is 294 g/mol. The van der Waals surface area contributed by atoms with Gasteiger partial charge in [0.15, 0.2) is 0 Å². The summed E-state index contributed by atoms with van der Waals surface area (Å²) in [6.45, 7) is 6.88. The van der Waals surface area contributed by atoms with Gasteiger partial charge in [0, 0.05) is 11.9 Å². The Balaban J connectivity index is 2.17. The molecular formula is C17H23N3OS. The van der Waals surface area contributed by atoms with Crippen LogP contribution in [0.15, 0.2) is 35.7 Å². The van der Waals surface area contributed by atoms with Crippen molar-refractivity contribution in [2.24, 2.45) is 11.1 Å². The number of rotatable bonds is 5. The number of nitrogens with two attached hydrogens (primary N) is 1. The highest BCUT2D eigenvalue weighted by Crippen LogP contribution is 2.29. The van der Waals surface area contributed by atoms with Gasteiger partial charge in [-0.05, 0) is 17.4 Å². The van der Waals surface area contributed by atoms with Crippen molar-refractivity contribution in [3.05, 3.63) is 52.0 Å². The zero-order chi connectivity index (χ0) is 16.2. The standard InChI is InChI=1S/C17H23N3OS/c1-17(2,3)9-13(12-7-5-4-6-8-12)20-16(21)14-11-22-15(10-18)19-14/h4-8,11,13H,9-10,18H2,1-3H3,(H,20,21). The second-order valence-corrected chi connectivity index (χ2v) is 7.47. The molecule has 118 valence electrons. The van der Waals surface area contributed by atoms with Crippen molar-refractivity contribution < 1.29 is 4.79 Å². The molecule has 0 aliphatic rings. The summed E-state index contributed by atoms with van der Waals surface area (Å²) in [5.41, 5.74) is 7.22. The summed E-state index contributed by atoms with van der Waals surface area (Å²) >= 11 is 1.42. The average Bonchev–Trinajstić information content (AvgIpc) is 2.95. The van der Waals surface area contributed by atoms with E-state index in [4.69, 9.17) is 5.73 Å². The Labute approximate surface area is 135 Å². The molecule has 4 nitrogen and oxygen atoms in total. The molecule has 0 saturated carbocycles. The van der Waals surface area contributed by atoms with Crippen molar-refractivity contribution in [2.45, 2.75) is 39.8 Å². The molecule has 0 bridgehead atoms. The van der Waals surface area contributed by atoms with E-state index in [1.165, 1.54) is 11.3 Å². The minimum Gasteiger partial charge on any atom is -0.344 e. The summed E-state index contributed by atoms with van der Waals surface area (Å²) in [7, 11) is 0. The highest BCUT2D eigenvalue weighted by atomic mass is 32.1. The highest BCUT2D eigenvalue weighted by Gasteiger charge is 2.23. The number of hydrogen-bond acceptors (Lipinski definition) is 4. The summed E-state index contributed by atoms with van der Waals surface area (Å²) in [4.78, 5) is 16.7. The van der Waals surface area contributed by atoms with Crippen LogP contribution in [0.3, 0.4) is 0 Å². The lowest BCUT2D eigenvalue weighted by Crippen LogP contribution is -2.31. The molecule has 0 fully saturated rings. The van der Waals surface area contributed by atoms with Crippen molar-refractivity contribution in [1.82, 2.24) is 10.3 Å². The summed E-state index contributed by atoms with van der Waals surface area (Å²) in [5.74, 6) is -0.144. The van der Waals surface area contributed by atoms with Gasteiger partial charge in [-0.15, -0.1) is 11.3 Å². The van der Waals surface area contributed by atoms with E-state index in [1.807, 2.05) is 30.3 Å². The third kappa shape index (κ3) is 4.64. The molecule has 2 aromatic rings. The first-order chi connectivity index (χ1) is 10.4. The van der Waals surface area contributed by atoms with Crippen LogP contribution in [0.2, 0.25) is 0 Å². The molecule has 0 saturated heterocycles. The number of aromatic nitrogens is 1. The zero-order valence-electron chi connectivity index (χ0n) is 13.3. The molecule has 1 aromatic carbocycles. The maximum absolute atomic E-state index is 12.4. The molecule has 1 unspecified atom stereocenters. The fourth-order valence-electron chi connectivity index (χ4n) is 2.29. The molecule has 0 radical (unpaired) electrons. The second kappa shape index (κ2) is 7.03. The van der Waals surface area contributed by atoms with Crippen LogP contribution in [0.25, 0.3) is 0 Å². The predicted octanol–water partition coefficient (Wildman–Crippen LogP) is 3.51. The van der Waals surface area contributed by atoms with Gasteiger partial charge < -0.3 is 11.1 Å². The summed E-state index contributed by atoms with van der Waals surface area (Å²) in [6, 6.07) is 10.0. The van der Waals surface area contributed by atoms with E-state index in [0.29, 0.717) is 12.2 Å². The van der Waals surface area contributed by atoms with Crippen LogP contribution in [-0.2, 0) is 6.54 Å². The zero-order valence-corrected chi connectivity index (χ0v) is 14.1. The number of nitrogens with zero attached hydrogens (tertiary/aromatic N) is 1. The molecule has 1 aromatic heterocycles. The van der Waals surface area contributed by atoms with Gasteiger partial charge in [0.1, 0.15) is 10.7 Å². The SMILES string of the molecule is CC(C)(C)CC(NC(=O)c1csc(CN)n1)c1ccccc1. The van der Waals surface area contributed by atoms with E-state index >= 15 is 0 Å². The molecule has 5 heteroatoms. The fraction of sp³-hybridized carbons (Fsp3) is 0.412. The van der Waals surface area contributed by atoms with E-state index in [0.717, 1.165) is 17.0 Å². The van der Waals surface area contributed by atoms with Crippen molar-refractivity contribution in [2.75, 3.05) is 0 Å². The van der Waals surface area contributed by atoms with Crippen LogP contribution in [0.5, 0.6) is 0 Å². The van der Waals surface area contributed by atoms with Crippen LogP contribution in [0, 0.1) is 5.41 Å². The molecule has 22 heavy (non-hydrogen) atoms. The molecule has 0 aliphatic carbocycles. The minimum atomic E-state index is -0.144. The monoisotopic (exact) mass is 317 g/mol. The van der Waals surface area contributed by atoms with E-state index in [2.05, 4.69) is 31.1 Å². The summed E-state index contributed by atoms with van der Waals surface area (Å²) < 4.78 is 0. The van der Waals surface area contributed by atoms with Crippen LogP contribution in [0.4, 0.5) is 0 Å². The third-order valence-corrected chi connectivity index (χ3v) is 4.15. The van der Waals surface area contributed by atoms with E-state index < -0.39 is 0 Å². The Bertz CT molecular complexity index is 616. The van der Waals surface area contributed by atoms with Gasteiger partial charge in [0.25, 0.3) is 5.91 Å². The second-order valence-electron chi connectivity index (χ2n) is 6.53. The van der Waals surface area contributed by atoms with Crippen molar-refractivity contribution >= 4 is 17.2 Å². The first kappa shape index (κ1) is 16.6. The summed E-state index contributed by atoms with van der Waals surface area (Å²) in [5, 5.41) is 5.64. The van der Waals surface area contributed by atoms with Crippen molar-refractivity contribution in [3.8, 4) is 0 Å². The normalized spacial score (nSPS) is 12.9. The molecule has 3 N–H and O–H groups in total. The third-order valence-electron chi connectivity index (χ3n) is 3.28. The predicted molar refractivity (Wildman–Crippen MR) is 90.7 cm³/mol. The number of carbonyl (C=O) groups excluding carboxylic acids is 1. The molecule has 1 heterocycles. The number of benzene rings is 1. The number of amides is 1. The molecule has 1 atom stereocenters. The van der Waals surface area contributed by atoms with Crippen LogP contribution in [0.1, 0.15) is 54.3 Å². The van der Waals surface area contributed by atoms with Crippen LogP contribution in [-0.4, -0.2) is 10.9 Å². The fourth-order valence-corrected chi connectivity index (χ4v) is 2.95. The van der Waals surface area contributed by atoms with Crippen LogP contribution >= 0.6 is 11.3 Å². The van der Waals surface area contributed by atoms with Gasteiger partial charge in [0.2, 0.25) is 0 Å². The van der Waals surface area contributed by atoms with E-state index in [-0.39, 0.29) is 17.4 Å². The minimum absolute atomic E-state index is 0.0308. The van der Waals surface area contributed by atoms with Crippen LogP contribution < -0.4 is 11.1 Å². The first-order valence-corrected chi connectivity index (χ1v) is 8.27. The smallest absolute Gasteiger partial charge is 0.271 e. The molecule has 2 rings (SSSR count). The Hall–Kier alpha value is -1.72. The van der Waals surface area contributed by atoms with Gasteiger partial charge in [-0.3, -0.25) is 4.79 Å².